The molecule has 8 rings (SSSR count). The molecule has 0 aromatic carbocycles. The lowest BCUT2D eigenvalue weighted by Crippen LogP contribution is -2.49. The Bertz CT molecular complexity index is 2110. The van der Waals surface area contributed by atoms with E-state index in [1.54, 1.807) is 36.7 Å². The largest absolute Gasteiger partial charge is 0.388 e. The van der Waals surface area contributed by atoms with Crippen molar-refractivity contribution in [1.29, 1.82) is 0 Å². The van der Waals surface area contributed by atoms with Crippen LogP contribution in [0.2, 0.25) is 0 Å². The second-order valence-electron chi connectivity index (χ2n) is 15.6. The zero-order valence-electron chi connectivity index (χ0n) is 32.6. The van der Waals surface area contributed by atoms with Gasteiger partial charge >= 0.3 is 0 Å². The third-order valence-corrected chi connectivity index (χ3v) is 10.1. The molecule has 320 valence electrons. The number of aliphatic hydroxyl groups is 2. The molecule has 0 amide bonds. The molecule has 2 atom stereocenters. The molecule has 10 N–H and O–H groups in total. The first-order valence-corrected chi connectivity index (χ1v) is 18.8. The summed E-state index contributed by atoms with van der Waals surface area (Å²) < 4.78 is 29.1. The molecule has 8 heterocycles. The summed E-state index contributed by atoms with van der Waals surface area (Å²) in [6.07, 6.45) is 8.12. The van der Waals surface area contributed by atoms with Gasteiger partial charge in [-0.25, -0.2) is 28.7 Å². The summed E-state index contributed by atoms with van der Waals surface area (Å²) in [6, 6.07) is 13.5. The van der Waals surface area contributed by atoms with Crippen LogP contribution in [-0.4, -0.2) is 87.9 Å². The Morgan fingerprint density at radius 3 is 1.48 bits per heavy atom. The number of halogens is 2. The Labute approximate surface area is 340 Å². The average Bonchev–Trinajstić information content (AvgIpc) is 3.76. The number of pyridine rings is 4. The summed E-state index contributed by atoms with van der Waals surface area (Å²) in [5.41, 5.74) is 1.09. The van der Waals surface area contributed by atoms with Crippen LogP contribution >= 0.6 is 0 Å². The zero-order valence-corrected chi connectivity index (χ0v) is 32.6. The summed E-state index contributed by atoms with van der Waals surface area (Å²) in [4.78, 5) is 21.6. The maximum atomic E-state index is 14.6. The van der Waals surface area contributed by atoms with Gasteiger partial charge in [0, 0.05) is 63.6 Å². The van der Waals surface area contributed by atoms with Crippen LogP contribution in [0.4, 0.5) is 20.4 Å². The lowest BCUT2D eigenvalue weighted by molar-refractivity contribution is 0.00611. The number of piperidine rings is 2. The molecule has 0 spiro atoms. The van der Waals surface area contributed by atoms with E-state index in [1.807, 2.05) is 21.9 Å². The molecule has 6 aromatic heterocycles. The van der Waals surface area contributed by atoms with Crippen LogP contribution in [0.3, 0.4) is 0 Å². The highest BCUT2D eigenvalue weighted by Gasteiger charge is 2.36. The fourth-order valence-electron chi connectivity index (χ4n) is 8.10. The van der Waals surface area contributed by atoms with Crippen molar-refractivity contribution in [3.05, 3.63) is 72.6 Å². The molecule has 14 nitrogen and oxygen atoms in total. The fourth-order valence-corrected chi connectivity index (χ4v) is 8.10. The number of hydrogen-bond donors (Lipinski definition) is 6. The number of hydrogen-bond acceptors (Lipinski definition) is 12. The zero-order chi connectivity index (χ0) is 38.0. The molecule has 2 fully saturated rings. The van der Waals surface area contributed by atoms with Crippen LogP contribution in [0.25, 0.3) is 44.8 Å². The molecule has 0 bridgehead atoms. The number of rotatable bonds is 8. The van der Waals surface area contributed by atoms with Gasteiger partial charge in [-0.15, -0.1) is 0 Å². The minimum Gasteiger partial charge on any atom is -0.388 e. The Kier molecular flexibility index (Phi) is 13.0. The SMILES string of the molecule is CC(C)C[C@@]1(O)CCCN(c2ccc(F)c(-c3[nH]nc4ncccc34)n2)C1.CC(C)C[C@]1(O)CCCN(c2ccc(F)c(-c3[nH]nc4ncccc34)n2)C1.N.N.[HH].[HH].[HH].[HH].[HH].[HH].[HH].[HH].[HH].[HH]. The summed E-state index contributed by atoms with van der Waals surface area (Å²) in [6.45, 7) is 11.1. The van der Waals surface area contributed by atoms with Gasteiger partial charge in [-0.2, -0.15) is 10.2 Å². The number of nitrogens with one attached hydrogen (secondary N) is 2. The van der Waals surface area contributed by atoms with Gasteiger partial charge < -0.3 is 32.3 Å². The van der Waals surface area contributed by atoms with Gasteiger partial charge in [-0.3, -0.25) is 10.2 Å². The topological polar surface area (TPSA) is 226 Å². The van der Waals surface area contributed by atoms with Crippen LogP contribution in [0, 0.1) is 23.5 Å². The predicted molar refractivity (Wildman–Crippen MR) is 237 cm³/mol. The van der Waals surface area contributed by atoms with Crippen LogP contribution < -0.4 is 22.1 Å². The van der Waals surface area contributed by atoms with Crippen molar-refractivity contribution in [2.45, 2.75) is 77.4 Å². The Balaban J connectivity index is -0.000000231. The maximum Gasteiger partial charge on any atom is 0.181 e. The van der Waals surface area contributed by atoms with E-state index in [0.717, 1.165) is 62.4 Å². The molecule has 0 saturated carbocycles. The first-order chi connectivity index (χ1) is 25.9. The Morgan fingerprint density at radius 2 is 1.09 bits per heavy atom. The van der Waals surface area contributed by atoms with Gasteiger partial charge in [0.1, 0.15) is 23.0 Å². The molecule has 0 aliphatic carbocycles. The number of aromatic nitrogens is 8. The molecule has 2 saturated heterocycles. The van der Waals surface area contributed by atoms with Crippen LogP contribution in [-0.2, 0) is 0 Å². The van der Waals surface area contributed by atoms with E-state index in [9.17, 15) is 19.0 Å². The van der Waals surface area contributed by atoms with Crippen molar-refractivity contribution in [2.75, 3.05) is 36.0 Å². The van der Waals surface area contributed by atoms with Crippen LogP contribution in [0.5, 0.6) is 0 Å². The highest BCUT2D eigenvalue weighted by Crippen LogP contribution is 2.34. The summed E-state index contributed by atoms with van der Waals surface area (Å²) in [5, 5.41) is 37.4. The highest BCUT2D eigenvalue weighted by atomic mass is 19.1. The number of fused-ring (bicyclic) bond motifs is 2. The van der Waals surface area contributed by atoms with Crippen molar-refractivity contribution < 1.29 is 33.3 Å². The molecular formula is C40H74F2N12O2. The van der Waals surface area contributed by atoms with Gasteiger partial charge in [0.2, 0.25) is 0 Å². The Morgan fingerprint density at radius 1 is 0.679 bits per heavy atom. The van der Waals surface area contributed by atoms with E-state index in [-0.39, 0.29) is 38.0 Å². The van der Waals surface area contributed by atoms with E-state index < -0.39 is 22.8 Å². The standard InChI is InChI=1S/2C20H24FN5O.2H3N.10H2/c2*1-13(2)11-20(27)8-4-10-26(12-20)16-7-6-15(21)18(23-16)17-14-5-3-9-22-19(14)25-24-17;;;;;;;;;;;;/h2*3,5-7,9,13,27H,4,8,10-12H2,1-2H3,(H,22,24,25);2*1H3;10*1H/t2*20-;;;;;;;;;;;;/m10............/s1. The molecule has 0 unspecified atom stereocenters. The molecule has 2 aliphatic rings. The lowest BCUT2D eigenvalue weighted by atomic mass is 9.85. The first-order valence-electron chi connectivity index (χ1n) is 18.8. The normalized spacial score (nSPS) is 19.8. The number of anilines is 2. The molecule has 16 heteroatoms. The Hall–Kier alpha value is -5.16. The maximum absolute atomic E-state index is 14.6. The van der Waals surface area contributed by atoms with Gasteiger partial charge in [0.15, 0.2) is 22.9 Å². The summed E-state index contributed by atoms with van der Waals surface area (Å²) >= 11 is 0. The molecular weight excluding hydrogens is 719 g/mol. The summed E-state index contributed by atoms with van der Waals surface area (Å²) in [7, 11) is 0. The van der Waals surface area contributed by atoms with E-state index in [1.165, 1.54) is 12.1 Å². The van der Waals surface area contributed by atoms with Gasteiger partial charge in [-0.05, 0) is 98.9 Å². The van der Waals surface area contributed by atoms with Crippen molar-refractivity contribution in [1.82, 2.24) is 52.6 Å². The average molecular weight is 793 g/mol. The van der Waals surface area contributed by atoms with Crippen molar-refractivity contribution in [3.8, 4) is 22.8 Å². The number of nitrogens with zero attached hydrogens (tertiary/aromatic N) is 8. The lowest BCUT2D eigenvalue weighted by Gasteiger charge is -2.41. The van der Waals surface area contributed by atoms with Crippen LogP contribution in [0.1, 0.15) is 80.5 Å². The van der Waals surface area contributed by atoms with Crippen molar-refractivity contribution >= 4 is 33.7 Å². The van der Waals surface area contributed by atoms with Crippen molar-refractivity contribution in [3.63, 3.8) is 0 Å². The first kappa shape index (κ1) is 42.0. The van der Waals surface area contributed by atoms with Crippen LogP contribution in [0.15, 0.2) is 60.9 Å². The second kappa shape index (κ2) is 17.3. The third-order valence-electron chi connectivity index (χ3n) is 10.1. The van der Waals surface area contributed by atoms with E-state index in [4.69, 9.17) is 0 Å². The molecule has 56 heavy (non-hydrogen) atoms. The smallest absolute Gasteiger partial charge is 0.181 e. The van der Waals surface area contributed by atoms with Gasteiger partial charge in [0.05, 0.1) is 22.6 Å². The van der Waals surface area contributed by atoms with Gasteiger partial charge in [0.25, 0.3) is 0 Å². The quantitative estimate of drug-likeness (QED) is 0.0847. The predicted octanol–water partition coefficient (Wildman–Crippen LogP) is 9.86. The fraction of sp³-hybridized carbons (Fsp3) is 0.450. The molecule has 2 aliphatic heterocycles. The van der Waals surface area contributed by atoms with Gasteiger partial charge in [-0.1, -0.05) is 27.7 Å². The number of H-pyrrole nitrogens is 2. The van der Waals surface area contributed by atoms with E-state index in [2.05, 4.69) is 68.0 Å². The minimum atomic E-state index is -0.729. The minimum absolute atomic E-state index is 0. The summed E-state index contributed by atoms with van der Waals surface area (Å²) in [5.74, 6) is 1.33. The number of β-amino-alcohol motifs (C(OH)–C–C–N with tert-alkyl or cyclic N) is 2. The molecule has 6 aromatic rings. The number of aromatic amines is 2. The second-order valence-corrected chi connectivity index (χ2v) is 15.6. The third kappa shape index (κ3) is 9.10. The van der Waals surface area contributed by atoms with Crippen molar-refractivity contribution in [2.24, 2.45) is 11.8 Å². The van der Waals surface area contributed by atoms with E-state index in [0.29, 0.717) is 59.2 Å². The van der Waals surface area contributed by atoms with E-state index >= 15 is 0 Å². The highest BCUT2D eigenvalue weighted by molar-refractivity contribution is 5.90. The monoisotopic (exact) mass is 793 g/mol. The molecule has 0 radical (unpaired) electrons.